The lowest BCUT2D eigenvalue weighted by Gasteiger charge is -2.21. The molecule has 0 bridgehead atoms. The first-order chi connectivity index (χ1) is 12.0. The summed E-state index contributed by atoms with van der Waals surface area (Å²) in [5.74, 6) is -1.74. The fraction of sp³-hybridized carbons (Fsp3) is 0.438. The van der Waals surface area contributed by atoms with Crippen LogP contribution in [-0.2, 0) is 20.9 Å². The zero-order valence-corrected chi connectivity index (χ0v) is 14.5. The number of hydrogen-bond donors (Lipinski definition) is 1. The van der Waals surface area contributed by atoms with E-state index in [1.807, 2.05) is 0 Å². The van der Waals surface area contributed by atoms with Gasteiger partial charge in [0, 0.05) is 12.1 Å². The molecular formula is C16H19N3O7. The Kier molecular flexibility index (Phi) is 5.26. The minimum absolute atomic E-state index is 0.180. The van der Waals surface area contributed by atoms with Crippen molar-refractivity contribution in [1.29, 1.82) is 0 Å². The van der Waals surface area contributed by atoms with Crippen LogP contribution in [0.1, 0.15) is 26.3 Å². The number of non-ortho nitro benzene ring substituents is 1. The van der Waals surface area contributed by atoms with E-state index >= 15 is 0 Å². The van der Waals surface area contributed by atoms with E-state index < -0.39 is 41.2 Å². The minimum atomic E-state index is -1.77. The van der Waals surface area contributed by atoms with E-state index in [2.05, 4.69) is 0 Å². The Balaban J connectivity index is 2.13. The van der Waals surface area contributed by atoms with Crippen molar-refractivity contribution in [2.45, 2.75) is 39.1 Å². The number of carbonyl (C=O) groups is 3. The van der Waals surface area contributed by atoms with Gasteiger partial charge in [-0.05, 0) is 26.3 Å². The molecule has 1 saturated heterocycles. The van der Waals surface area contributed by atoms with E-state index in [1.165, 1.54) is 24.3 Å². The summed E-state index contributed by atoms with van der Waals surface area (Å²) in [4.78, 5) is 48.0. The molecule has 140 valence electrons. The highest BCUT2D eigenvalue weighted by Gasteiger charge is 2.45. The summed E-state index contributed by atoms with van der Waals surface area (Å²) in [7, 11) is 0. The van der Waals surface area contributed by atoms with Crippen molar-refractivity contribution in [3.8, 4) is 0 Å². The van der Waals surface area contributed by atoms with Crippen LogP contribution in [0.2, 0.25) is 0 Å². The summed E-state index contributed by atoms with van der Waals surface area (Å²) in [5, 5.41) is 20.8. The second-order valence-corrected chi connectivity index (χ2v) is 6.72. The van der Waals surface area contributed by atoms with Crippen LogP contribution in [0.3, 0.4) is 0 Å². The molecule has 0 spiro atoms. The lowest BCUT2D eigenvalue weighted by Crippen LogP contribution is -2.39. The number of esters is 1. The Morgan fingerprint density at radius 1 is 1.35 bits per heavy atom. The summed E-state index contributed by atoms with van der Waals surface area (Å²) in [5.41, 5.74) is -0.608. The van der Waals surface area contributed by atoms with Gasteiger partial charge in [0.25, 0.3) is 11.6 Å². The Bertz CT molecular complexity index is 756. The Morgan fingerprint density at radius 3 is 2.58 bits per heavy atom. The average molecular weight is 365 g/mol. The van der Waals surface area contributed by atoms with Gasteiger partial charge in [0.2, 0.25) is 6.23 Å². The number of hydrogen-bond acceptors (Lipinski definition) is 7. The standard InChI is InChI=1S/C16H19N3O7/c1-16(2,3)26-12(20)9-18-14(22)13(21)17(15(18)23)8-10-5-4-6-11(7-10)19(24)25/h4-7,13,21H,8-9H2,1-3H3. The van der Waals surface area contributed by atoms with Crippen molar-refractivity contribution in [3.63, 3.8) is 0 Å². The van der Waals surface area contributed by atoms with Gasteiger partial charge in [-0.1, -0.05) is 12.1 Å². The van der Waals surface area contributed by atoms with Gasteiger partial charge in [0.05, 0.1) is 11.5 Å². The van der Waals surface area contributed by atoms with Crippen molar-refractivity contribution in [2.24, 2.45) is 0 Å². The van der Waals surface area contributed by atoms with Crippen molar-refractivity contribution >= 4 is 23.6 Å². The molecule has 0 radical (unpaired) electrons. The smallest absolute Gasteiger partial charge is 0.330 e. The maximum absolute atomic E-state index is 12.4. The van der Waals surface area contributed by atoms with Crippen molar-refractivity contribution in [3.05, 3.63) is 39.9 Å². The normalized spacial score (nSPS) is 17.6. The van der Waals surface area contributed by atoms with E-state index in [9.17, 15) is 29.6 Å². The van der Waals surface area contributed by atoms with Gasteiger partial charge in [-0.15, -0.1) is 0 Å². The van der Waals surface area contributed by atoms with Gasteiger partial charge < -0.3 is 9.84 Å². The molecule has 0 saturated carbocycles. The molecule has 1 aromatic carbocycles. The molecule has 1 heterocycles. The number of aliphatic hydroxyl groups is 1. The Labute approximate surface area is 149 Å². The summed E-state index contributed by atoms with van der Waals surface area (Å²) in [6.07, 6.45) is -1.77. The first kappa shape index (κ1) is 19.3. The molecule has 1 N–H and O–H groups in total. The molecule has 1 aliphatic rings. The third-order valence-electron chi connectivity index (χ3n) is 3.44. The largest absolute Gasteiger partial charge is 0.459 e. The molecule has 2 rings (SSSR count). The monoisotopic (exact) mass is 365 g/mol. The lowest BCUT2D eigenvalue weighted by atomic mass is 10.2. The molecule has 1 aliphatic heterocycles. The lowest BCUT2D eigenvalue weighted by molar-refractivity contribution is -0.384. The van der Waals surface area contributed by atoms with Crippen LogP contribution in [0.4, 0.5) is 10.5 Å². The quantitative estimate of drug-likeness (QED) is 0.357. The van der Waals surface area contributed by atoms with E-state index in [-0.39, 0.29) is 12.2 Å². The number of rotatable bonds is 5. The van der Waals surface area contributed by atoms with Crippen molar-refractivity contribution in [2.75, 3.05) is 6.54 Å². The molecular weight excluding hydrogens is 346 g/mol. The summed E-state index contributed by atoms with van der Waals surface area (Å²) in [6.45, 7) is 4.07. The number of aliphatic hydroxyl groups excluding tert-OH is 1. The van der Waals surface area contributed by atoms with Gasteiger partial charge >= 0.3 is 12.0 Å². The van der Waals surface area contributed by atoms with E-state index in [4.69, 9.17) is 4.74 Å². The third-order valence-corrected chi connectivity index (χ3v) is 3.44. The maximum Gasteiger partial charge on any atom is 0.330 e. The molecule has 3 amide bonds. The van der Waals surface area contributed by atoms with Crippen LogP contribution in [0.15, 0.2) is 24.3 Å². The molecule has 26 heavy (non-hydrogen) atoms. The highest BCUT2D eigenvalue weighted by atomic mass is 16.6. The number of imide groups is 1. The molecule has 0 aliphatic carbocycles. The van der Waals surface area contributed by atoms with Crippen LogP contribution in [-0.4, -0.2) is 56.1 Å². The maximum atomic E-state index is 12.4. The number of urea groups is 1. The predicted octanol–water partition coefficient (Wildman–Crippen LogP) is 1.02. The van der Waals surface area contributed by atoms with Crippen molar-refractivity contribution in [1.82, 2.24) is 9.80 Å². The topological polar surface area (TPSA) is 130 Å². The Hall–Kier alpha value is -3.01. The van der Waals surface area contributed by atoms with Crippen LogP contribution in [0, 0.1) is 10.1 Å². The molecule has 10 nitrogen and oxygen atoms in total. The fourth-order valence-electron chi connectivity index (χ4n) is 2.39. The summed E-state index contributed by atoms with van der Waals surface area (Å²) < 4.78 is 5.07. The number of nitro benzene ring substituents is 1. The third kappa shape index (κ3) is 4.33. The summed E-state index contributed by atoms with van der Waals surface area (Å²) in [6, 6.07) is 4.60. The fourth-order valence-corrected chi connectivity index (χ4v) is 2.39. The van der Waals surface area contributed by atoms with Crippen LogP contribution in [0.5, 0.6) is 0 Å². The van der Waals surface area contributed by atoms with E-state index in [0.29, 0.717) is 10.5 Å². The van der Waals surface area contributed by atoms with Gasteiger partial charge in [-0.2, -0.15) is 0 Å². The number of amides is 3. The van der Waals surface area contributed by atoms with Crippen molar-refractivity contribution < 1.29 is 29.2 Å². The zero-order chi connectivity index (χ0) is 19.6. The van der Waals surface area contributed by atoms with E-state index in [0.717, 1.165) is 4.90 Å². The molecule has 1 fully saturated rings. The number of nitro groups is 1. The second kappa shape index (κ2) is 7.08. The van der Waals surface area contributed by atoms with Crippen LogP contribution in [0.25, 0.3) is 0 Å². The predicted molar refractivity (Wildman–Crippen MR) is 87.6 cm³/mol. The van der Waals surface area contributed by atoms with Gasteiger partial charge in [0.15, 0.2) is 0 Å². The molecule has 0 aromatic heterocycles. The van der Waals surface area contributed by atoms with Crippen LogP contribution < -0.4 is 0 Å². The summed E-state index contributed by atoms with van der Waals surface area (Å²) >= 11 is 0. The molecule has 1 atom stereocenters. The molecule has 1 unspecified atom stereocenters. The van der Waals surface area contributed by atoms with Crippen LogP contribution >= 0.6 is 0 Å². The highest BCUT2D eigenvalue weighted by molar-refractivity contribution is 6.05. The number of carbonyl (C=O) groups excluding carboxylic acids is 3. The van der Waals surface area contributed by atoms with Gasteiger partial charge in [0.1, 0.15) is 12.1 Å². The molecule has 1 aromatic rings. The first-order valence-corrected chi connectivity index (χ1v) is 7.75. The van der Waals surface area contributed by atoms with E-state index in [1.54, 1.807) is 20.8 Å². The number of benzene rings is 1. The minimum Gasteiger partial charge on any atom is -0.459 e. The SMILES string of the molecule is CC(C)(C)OC(=O)CN1C(=O)C(O)N(Cc2cccc([N+](=O)[O-])c2)C1=O. The average Bonchev–Trinajstić information content (AvgIpc) is 2.71. The van der Waals surface area contributed by atoms with Gasteiger partial charge in [-0.3, -0.25) is 24.6 Å². The molecule has 10 heteroatoms. The Morgan fingerprint density at radius 2 is 2.00 bits per heavy atom. The number of ether oxygens (including phenoxy) is 1. The highest BCUT2D eigenvalue weighted by Crippen LogP contribution is 2.21. The number of nitrogens with zero attached hydrogens (tertiary/aromatic N) is 3. The second-order valence-electron chi connectivity index (χ2n) is 6.72. The van der Waals surface area contributed by atoms with Gasteiger partial charge in [-0.25, -0.2) is 9.69 Å². The zero-order valence-electron chi connectivity index (χ0n) is 14.5. The first-order valence-electron chi connectivity index (χ1n) is 7.75.